The number of pyridine rings is 1. The Morgan fingerprint density at radius 2 is 1.45 bits per heavy atom. The van der Waals surface area contributed by atoms with Crippen molar-refractivity contribution in [1.29, 1.82) is 0 Å². The fourth-order valence-corrected chi connectivity index (χ4v) is 6.08. The molecule has 7 heteroatoms. The van der Waals surface area contributed by atoms with Crippen LogP contribution < -0.4 is 4.90 Å². The van der Waals surface area contributed by atoms with E-state index in [-0.39, 0.29) is 29.4 Å². The Bertz CT molecular complexity index is 1700. The van der Waals surface area contributed by atoms with Gasteiger partial charge in [-0.15, -0.1) is 0 Å². The summed E-state index contributed by atoms with van der Waals surface area (Å²) < 4.78 is 5.68. The van der Waals surface area contributed by atoms with Crippen LogP contribution in [0.3, 0.4) is 0 Å². The van der Waals surface area contributed by atoms with E-state index >= 15 is 0 Å². The Balaban J connectivity index is 1.30. The summed E-state index contributed by atoms with van der Waals surface area (Å²) in [5, 5.41) is 0.631. The minimum atomic E-state index is -0.977. The number of benzene rings is 3. The molecule has 7 nitrogen and oxygen atoms in total. The molecule has 1 saturated carbocycles. The predicted molar refractivity (Wildman–Crippen MR) is 160 cm³/mol. The summed E-state index contributed by atoms with van der Waals surface area (Å²) in [6.07, 6.45) is 2.50. The molecule has 2 amide bonds. The molecule has 0 N–H and O–H groups in total. The van der Waals surface area contributed by atoms with Gasteiger partial charge in [0.2, 0.25) is 17.6 Å². The maximum atomic E-state index is 13.5. The molecule has 6 rings (SSSR count). The van der Waals surface area contributed by atoms with Crippen LogP contribution in [-0.4, -0.2) is 34.7 Å². The summed E-state index contributed by atoms with van der Waals surface area (Å²) in [4.78, 5) is 58.7. The molecule has 2 aliphatic rings. The standard InChI is InChI=1S/C35H32N2O5/c1-20-8-11-24(12-9-20)32(38)22(3)42-35(41)29-19-31(36-30-17-10-21(2)18-28(29)30)23-13-15-25(16-14-23)37-33(39)26-6-4-5-7-27(26)34(37)40/h8-19,22,26-27H,4-7H2,1-3H3. The number of aryl methyl sites for hydroxylation is 2. The van der Waals surface area contributed by atoms with Gasteiger partial charge in [0.25, 0.3) is 0 Å². The molecule has 0 radical (unpaired) electrons. The van der Waals surface area contributed by atoms with E-state index in [1.165, 1.54) is 4.90 Å². The maximum Gasteiger partial charge on any atom is 0.339 e. The second-order valence-electron chi connectivity index (χ2n) is 11.4. The number of carbonyl (C=O) groups is 4. The van der Waals surface area contributed by atoms with Crippen molar-refractivity contribution >= 4 is 40.2 Å². The first-order chi connectivity index (χ1) is 20.2. The molecule has 0 spiro atoms. The fourth-order valence-electron chi connectivity index (χ4n) is 6.08. The third kappa shape index (κ3) is 5.00. The van der Waals surface area contributed by atoms with Crippen LogP contribution in [0, 0.1) is 25.7 Å². The van der Waals surface area contributed by atoms with E-state index in [9.17, 15) is 19.2 Å². The largest absolute Gasteiger partial charge is 0.451 e. The lowest BCUT2D eigenvalue weighted by atomic mass is 9.81. The lowest BCUT2D eigenvalue weighted by molar-refractivity contribution is -0.122. The van der Waals surface area contributed by atoms with Crippen LogP contribution in [0.5, 0.6) is 0 Å². The minimum Gasteiger partial charge on any atom is -0.451 e. The number of hydrogen-bond donors (Lipinski definition) is 0. The van der Waals surface area contributed by atoms with Crippen LogP contribution in [0.4, 0.5) is 5.69 Å². The van der Waals surface area contributed by atoms with E-state index in [1.54, 1.807) is 49.4 Å². The molecule has 212 valence electrons. The van der Waals surface area contributed by atoms with E-state index in [1.807, 2.05) is 44.2 Å². The number of rotatable bonds is 6. The third-order valence-electron chi connectivity index (χ3n) is 8.44. The van der Waals surface area contributed by atoms with E-state index in [0.717, 1.165) is 42.4 Å². The van der Waals surface area contributed by atoms with Crippen molar-refractivity contribution in [2.75, 3.05) is 4.90 Å². The monoisotopic (exact) mass is 560 g/mol. The van der Waals surface area contributed by atoms with Gasteiger partial charge < -0.3 is 4.74 Å². The van der Waals surface area contributed by atoms with Crippen molar-refractivity contribution in [2.24, 2.45) is 11.8 Å². The van der Waals surface area contributed by atoms with Crippen LogP contribution in [-0.2, 0) is 14.3 Å². The topological polar surface area (TPSA) is 93.6 Å². The van der Waals surface area contributed by atoms with Crippen molar-refractivity contribution in [1.82, 2.24) is 4.98 Å². The Morgan fingerprint density at radius 1 is 0.833 bits per heavy atom. The smallest absolute Gasteiger partial charge is 0.339 e. The number of carbonyl (C=O) groups excluding carboxylic acids is 4. The minimum absolute atomic E-state index is 0.115. The number of Topliss-reactive ketones (excluding diaryl/α,β-unsaturated/α-hetero) is 1. The number of aromatic nitrogens is 1. The summed E-state index contributed by atoms with van der Waals surface area (Å²) in [5.41, 5.74) is 5.19. The Labute approximate surface area is 244 Å². The number of amides is 2. The fraction of sp³-hybridized carbons (Fsp3) is 0.286. The molecule has 1 aliphatic heterocycles. The van der Waals surface area contributed by atoms with Gasteiger partial charge in [0.15, 0.2) is 6.10 Å². The number of nitrogens with zero attached hydrogens (tertiary/aromatic N) is 2. The highest BCUT2D eigenvalue weighted by atomic mass is 16.5. The van der Waals surface area contributed by atoms with Crippen LogP contribution >= 0.6 is 0 Å². The molecule has 3 aromatic carbocycles. The van der Waals surface area contributed by atoms with E-state index < -0.39 is 12.1 Å². The Morgan fingerprint density at radius 3 is 2.10 bits per heavy atom. The highest BCUT2D eigenvalue weighted by Crippen LogP contribution is 2.40. The molecule has 3 atom stereocenters. The molecule has 0 bridgehead atoms. The molecule has 1 saturated heterocycles. The number of esters is 1. The van der Waals surface area contributed by atoms with E-state index in [0.29, 0.717) is 33.4 Å². The maximum absolute atomic E-state index is 13.5. The molecular formula is C35H32N2O5. The first-order valence-corrected chi connectivity index (χ1v) is 14.4. The van der Waals surface area contributed by atoms with Gasteiger partial charge in [-0.05, 0) is 63.9 Å². The average molecular weight is 561 g/mol. The van der Waals surface area contributed by atoms with Gasteiger partial charge in [-0.3, -0.25) is 19.3 Å². The Kier molecular flexibility index (Phi) is 7.19. The number of imide groups is 1. The van der Waals surface area contributed by atoms with Crippen LogP contribution in [0.25, 0.3) is 22.2 Å². The van der Waals surface area contributed by atoms with E-state index in [4.69, 9.17) is 9.72 Å². The molecule has 4 aromatic rings. The SMILES string of the molecule is Cc1ccc(C(=O)C(C)OC(=O)c2cc(-c3ccc(N4C(=O)C5CCCCC5C4=O)cc3)nc3ccc(C)cc23)cc1. The molecule has 2 heterocycles. The first-order valence-electron chi connectivity index (χ1n) is 14.4. The summed E-state index contributed by atoms with van der Waals surface area (Å²) >= 11 is 0. The molecule has 2 fully saturated rings. The molecule has 1 aromatic heterocycles. The zero-order valence-corrected chi connectivity index (χ0v) is 23.9. The molecular weight excluding hydrogens is 528 g/mol. The summed E-state index contributed by atoms with van der Waals surface area (Å²) in [5.74, 6) is -1.56. The Hall–Kier alpha value is -4.65. The van der Waals surface area contributed by atoms with Gasteiger partial charge in [-0.1, -0.05) is 66.4 Å². The molecule has 3 unspecified atom stereocenters. The summed E-state index contributed by atoms with van der Waals surface area (Å²) in [6.45, 7) is 5.45. The summed E-state index contributed by atoms with van der Waals surface area (Å²) in [6, 6.07) is 21.6. The summed E-state index contributed by atoms with van der Waals surface area (Å²) in [7, 11) is 0. The number of anilines is 1. The van der Waals surface area contributed by atoms with Crippen LogP contribution in [0.1, 0.15) is 64.4 Å². The zero-order chi connectivity index (χ0) is 29.5. The first kappa shape index (κ1) is 27.5. The third-order valence-corrected chi connectivity index (χ3v) is 8.44. The van der Waals surface area contributed by atoms with Crippen molar-refractivity contribution in [2.45, 2.75) is 52.6 Å². The second-order valence-corrected chi connectivity index (χ2v) is 11.4. The van der Waals surface area contributed by atoms with Crippen LogP contribution in [0.15, 0.2) is 72.8 Å². The number of ether oxygens (including phenoxy) is 1. The van der Waals surface area contributed by atoms with Gasteiger partial charge in [0, 0.05) is 16.5 Å². The van der Waals surface area contributed by atoms with Gasteiger partial charge >= 0.3 is 5.97 Å². The van der Waals surface area contributed by atoms with Gasteiger partial charge in [-0.25, -0.2) is 9.78 Å². The van der Waals surface area contributed by atoms with Crippen molar-refractivity contribution in [3.05, 3.63) is 95.1 Å². The zero-order valence-electron chi connectivity index (χ0n) is 23.9. The van der Waals surface area contributed by atoms with Crippen LogP contribution in [0.2, 0.25) is 0 Å². The molecule has 1 aliphatic carbocycles. The molecule has 42 heavy (non-hydrogen) atoms. The van der Waals surface area contributed by atoms with Gasteiger partial charge in [0.05, 0.1) is 34.3 Å². The average Bonchev–Trinajstić information content (AvgIpc) is 3.26. The predicted octanol–water partition coefficient (Wildman–Crippen LogP) is 6.63. The number of ketones is 1. The van der Waals surface area contributed by atoms with Crippen molar-refractivity contribution in [3.63, 3.8) is 0 Å². The lowest BCUT2D eigenvalue weighted by Crippen LogP contribution is -2.30. The number of hydrogen-bond acceptors (Lipinski definition) is 6. The lowest BCUT2D eigenvalue weighted by Gasteiger charge is -2.19. The highest BCUT2D eigenvalue weighted by Gasteiger charge is 2.48. The highest BCUT2D eigenvalue weighted by molar-refractivity contribution is 6.22. The van der Waals surface area contributed by atoms with Crippen molar-refractivity contribution < 1.29 is 23.9 Å². The number of fused-ring (bicyclic) bond motifs is 2. The normalized spacial score (nSPS) is 19.1. The quantitative estimate of drug-likeness (QED) is 0.149. The van der Waals surface area contributed by atoms with Gasteiger partial charge in [0.1, 0.15) is 0 Å². The second kappa shape index (κ2) is 11.0. The van der Waals surface area contributed by atoms with Gasteiger partial charge in [-0.2, -0.15) is 0 Å². The van der Waals surface area contributed by atoms with Crippen molar-refractivity contribution in [3.8, 4) is 11.3 Å². The van der Waals surface area contributed by atoms with E-state index in [2.05, 4.69) is 0 Å².